The van der Waals surface area contributed by atoms with Crippen molar-refractivity contribution in [3.63, 3.8) is 0 Å². The number of allylic oxidation sites excluding steroid dienone is 2. The van der Waals surface area contributed by atoms with Crippen molar-refractivity contribution in [2.24, 2.45) is 0 Å². The van der Waals surface area contributed by atoms with Crippen LogP contribution in [-0.2, 0) is 45.2 Å². The first kappa shape index (κ1) is 37.8. The number of halogens is 3. The van der Waals surface area contributed by atoms with Gasteiger partial charge in [0.05, 0.1) is 36.6 Å². The van der Waals surface area contributed by atoms with Crippen LogP contribution in [0.2, 0.25) is 0 Å². The smallest absolute Gasteiger partial charge is 0.432 e. The maximum atomic E-state index is 15.5. The predicted molar refractivity (Wildman–Crippen MR) is 165 cm³/mol. The summed E-state index contributed by atoms with van der Waals surface area (Å²) < 4.78 is 81.8. The van der Waals surface area contributed by atoms with E-state index in [1.165, 1.54) is 47.3 Å². The van der Waals surface area contributed by atoms with Gasteiger partial charge in [0, 0.05) is 22.4 Å². The van der Waals surface area contributed by atoms with Gasteiger partial charge in [0.25, 0.3) is 0 Å². The Morgan fingerprint density at radius 1 is 1.18 bits per heavy atom. The molecule has 49 heavy (non-hydrogen) atoms. The lowest BCUT2D eigenvalue weighted by atomic mass is 9.89. The largest absolute Gasteiger partial charge is 0.509 e. The van der Waals surface area contributed by atoms with Crippen LogP contribution in [-0.4, -0.2) is 73.9 Å². The van der Waals surface area contributed by atoms with Gasteiger partial charge in [-0.25, -0.2) is 37.1 Å². The van der Waals surface area contributed by atoms with E-state index >= 15 is 4.39 Å². The van der Waals surface area contributed by atoms with Crippen LogP contribution in [0, 0.1) is 28.8 Å². The summed E-state index contributed by atoms with van der Waals surface area (Å²) in [5, 5.41) is 11.8. The van der Waals surface area contributed by atoms with Crippen LogP contribution in [0.15, 0.2) is 67.3 Å². The minimum atomic E-state index is -4.94. The monoisotopic (exact) mass is 726 g/mol. The number of rotatable bonds is 15. The Hall–Kier alpha value is -4.05. The molecule has 0 unspecified atom stereocenters. The van der Waals surface area contributed by atoms with E-state index in [1.807, 2.05) is 6.07 Å². The summed E-state index contributed by atoms with van der Waals surface area (Å²) in [4.78, 5) is 38.6. The van der Waals surface area contributed by atoms with E-state index in [2.05, 4.69) is 19.6 Å². The first-order chi connectivity index (χ1) is 23.4. The second kappa shape index (κ2) is 17.6. The molecule has 2 N–H and O–H groups in total. The van der Waals surface area contributed by atoms with Crippen LogP contribution in [0.25, 0.3) is 6.08 Å². The zero-order chi connectivity index (χ0) is 35.4. The zero-order valence-corrected chi connectivity index (χ0v) is 27.3. The number of nitriles is 1. The summed E-state index contributed by atoms with van der Waals surface area (Å²) in [5.74, 6) is -2.43. The number of nitrogens with zero attached hydrogens (tertiary/aromatic N) is 4. The Labute approximate surface area is 282 Å². The number of hydrogen-bond acceptors (Lipinski definition) is 12. The number of benzene rings is 2. The summed E-state index contributed by atoms with van der Waals surface area (Å²) >= 11 is 1.23. The van der Waals surface area contributed by atoms with Gasteiger partial charge in [-0.2, -0.15) is 10.4 Å². The van der Waals surface area contributed by atoms with Crippen molar-refractivity contribution in [3.8, 4) is 6.07 Å². The number of ether oxygens (including phenoxy) is 4. The zero-order valence-electron chi connectivity index (χ0n) is 25.6. The molecule has 0 aliphatic carbocycles. The van der Waals surface area contributed by atoms with E-state index in [0.717, 1.165) is 18.2 Å². The molecule has 1 saturated heterocycles. The second-order valence-electron chi connectivity index (χ2n) is 10.2. The molecule has 2 aromatic carbocycles. The summed E-state index contributed by atoms with van der Waals surface area (Å²) in [5.41, 5.74) is -1.59. The molecule has 3 aromatic rings. The highest BCUT2D eigenvalue weighted by molar-refractivity contribution is 8.00. The average Bonchev–Trinajstić information content (AvgIpc) is 3.56. The molecule has 0 amide bonds. The van der Waals surface area contributed by atoms with E-state index in [1.54, 1.807) is 25.2 Å². The number of aromatic nitrogens is 3. The fraction of sp³-hybridized carbons (Fsp3) is 0.333. The van der Waals surface area contributed by atoms with Crippen molar-refractivity contribution in [2.45, 2.75) is 35.9 Å². The van der Waals surface area contributed by atoms with E-state index in [-0.39, 0.29) is 36.1 Å². The highest BCUT2D eigenvalue weighted by Gasteiger charge is 2.47. The third-order valence-electron chi connectivity index (χ3n) is 6.78. The molecule has 2 heterocycles. The van der Waals surface area contributed by atoms with Crippen molar-refractivity contribution in [1.29, 1.82) is 5.26 Å². The van der Waals surface area contributed by atoms with Gasteiger partial charge in [-0.05, 0) is 37.3 Å². The summed E-state index contributed by atoms with van der Waals surface area (Å²) in [6.45, 7) is 0.522. The minimum Gasteiger partial charge on any atom is -0.432 e. The number of thioether (sulfide) groups is 1. The normalized spacial score (nSPS) is 18.6. The van der Waals surface area contributed by atoms with Crippen molar-refractivity contribution in [3.05, 3.63) is 101 Å². The van der Waals surface area contributed by atoms with Gasteiger partial charge in [-0.1, -0.05) is 24.3 Å². The molecule has 14 nitrogen and oxygen atoms in total. The molecule has 1 fully saturated rings. The van der Waals surface area contributed by atoms with Crippen molar-refractivity contribution < 1.29 is 60.8 Å². The van der Waals surface area contributed by atoms with E-state index in [9.17, 15) is 18.1 Å². The van der Waals surface area contributed by atoms with Crippen LogP contribution in [0.1, 0.15) is 23.6 Å². The lowest BCUT2D eigenvalue weighted by Gasteiger charge is -2.40. The molecule has 4 rings (SSSR count). The van der Waals surface area contributed by atoms with E-state index in [0.29, 0.717) is 11.6 Å². The molecule has 2 atom stereocenters. The Bertz CT molecular complexity index is 1710. The molecule has 0 radical (unpaired) electrons. The highest BCUT2D eigenvalue weighted by atomic mass is 32.2. The van der Waals surface area contributed by atoms with Crippen molar-refractivity contribution in [1.82, 2.24) is 14.8 Å². The molecule has 0 spiro atoms. The van der Waals surface area contributed by atoms with Crippen LogP contribution in [0.3, 0.4) is 0 Å². The molecule has 0 bridgehead atoms. The number of phosphoric acid groups is 1. The first-order valence-corrected chi connectivity index (χ1v) is 16.8. The van der Waals surface area contributed by atoms with Gasteiger partial charge in [0.2, 0.25) is 0 Å². The predicted octanol–water partition coefficient (Wildman–Crippen LogP) is 4.79. The maximum absolute atomic E-state index is 15.5. The standard InChI is InChI=1S/C30H30F3N4O10PS/c1-20(49-24-15-43-28(44-16-24)5-3-2-4-22-7-6-21(14-34)12-26(22)32)30(17-37-19-35-18-36-37,25-9-8-23(31)13-27(25)33)46-29(38)42-10-11-45-47-48(39,40)41/h2-9,12-13,18-20,24,28H,10-11,15-17H2,1H3,(H2,39,40,41)/b4-2+,5-3+/t20-,24?,28?,30-/m1/s1. The fourth-order valence-electron chi connectivity index (χ4n) is 4.57. The number of carbonyl (C=O) groups excluding carboxylic acids is 1. The van der Waals surface area contributed by atoms with Gasteiger partial charge >= 0.3 is 14.0 Å². The van der Waals surface area contributed by atoms with Gasteiger partial charge in [-0.3, -0.25) is 0 Å². The molecule has 19 heteroatoms. The quantitative estimate of drug-likeness (QED) is 0.0544. The Morgan fingerprint density at radius 3 is 2.61 bits per heavy atom. The van der Waals surface area contributed by atoms with E-state index in [4.69, 9.17) is 34.0 Å². The minimum absolute atomic E-state index is 0.157. The Morgan fingerprint density at radius 2 is 1.96 bits per heavy atom. The van der Waals surface area contributed by atoms with Crippen molar-refractivity contribution >= 4 is 31.8 Å². The van der Waals surface area contributed by atoms with Crippen LogP contribution in [0.5, 0.6) is 0 Å². The van der Waals surface area contributed by atoms with Crippen LogP contribution in [0.4, 0.5) is 18.0 Å². The maximum Gasteiger partial charge on any atom is 0.509 e. The molecular formula is C30H30F3N4O10PS. The fourth-order valence-corrected chi connectivity index (χ4v) is 6.14. The third kappa shape index (κ3) is 11.2. The SMILES string of the molecule is C[C@@H](SC1COC(/C=C/C=C/c2ccc(C#N)cc2F)OC1)[C@@](Cn1cncn1)(OC(=O)OCCOOP(=O)(O)O)c1ccc(F)cc1F. The van der Waals surface area contributed by atoms with E-state index < -0.39 is 61.8 Å². The first-order valence-electron chi connectivity index (χ1n) is 14.3. The van der Waals surface area contributed by atoms with Crippen LogP contribution < -0.4 is 0 Å². The van der Waals surface area contributed by atoms with Gasteiger partial charge in [0.1, 0.15) is 43.3 Å². The summed E-state index contributed by atoms with van der Waals surface area (Å²) in [6.07, 6.45) is 6.81. The lowest BCUT2D eigenvalue weighted by molar-refractivity contribution is -0.227. The van der Waals surface area contributed by atoms with Gasteiger partial charge in [0.15, 0.2) is 11.9 Å². The second-order valence-corrected chi connectivity index (χ2v) is 13.0. The molecule has 262 valence electrons. The number of hydrogen-bond donors (Lipinski definition) is 2. The number of carbonyl (C=O) groups is 1. The lowest BCUT2D eigenvalue weighted by Crippen LogP contribution is -2.47. The molecule has 0 saturated carbocycles. The molecule has 1 aliphatic heterocycles. The van der Waals surface area contributed by atoms with Gasteiger partial charge in [-0.15, -0.1) is 16.4 Å². The Kier molecular flexibility index (Phi) is 13.5. The molecule has 1 aromatic heterocycles. The topological polar surface area (TPSA) is 184 Å². The molecule has 1 aliphatic rings. The molecular weight excluding hydrogens is 696 g/mol. The summed E-state index contributed by atoms with van der Waals surface area (Å²) in [7, 11) is -4.94. The van der Waals surface area contributed by atoms with Crippen molar-refractivity contribution in [2.75, 3.05) is 26.4 Å². The highest BCUT2D eigenvalue weighted by Crippen LogP contribution is 2.42. The Balaban J connectivity index is 1.46. The van der Waals surface area contributed by atoms with Crippen LogP contribution >= 0.6 is 19.6 Å². The van der Waals surface area contributed by atoms with Gasteiger partial charge < -0.3 is 28.7 Å². The average molecular weight is 727 g/mol. The summed E-state index contributed by atoms with van der Waals surface area (Å²) in [6, 6.07) is 8.77. The third-order valence-corrected chi connectivity index (χ3v) is 8.53.